The van der Waals surface area contributed by atoms with E-state index < -0.39 is 0 Å². The number of aryl methyl sites for hydroxylation is 1. The van der Waals surface area contributed by atoms with E-state index in [1.165, 1.54) is 11.8 Å². The second-order valence-corrected chi connectivity index (χ2v) is 6.85. The van der Waals surface area contributed by atoms with Crippen LogP contribution in [0.4, 0.5) is 5.69 Å². The first-order chi connectivity index (χ1) is 13.7. The highest BCUT2D eigenvalue weighted by Gasteiger charge is 2.13. The Bertz CT molecular complexity index is 1080. The minimum absolute atomic E-state index is 0.210. The van der Waals surface area contributed by atoms with Crippen molar-refractivity contribution >= 4 is 23.4 Å². The van der Waals surface area contributed by atoms with E-state index in [4.69, 9.17) is 4.52 Å². The van der Waals surface area contributed by atoms with Gasteiger partial charge < -0.3 is 9.84 Å². The minimum atomic E-state index is -0.210. The fraction of sp³-hybridized carbons (Fsp3) is 0.105. The fourth-order valence-corrected chi connectivity index (χ4v) is 3.40. The van der Waals surface area contributed by atoms with Gasteiger partial charge >= 0.3 is 0 Å². The smallest absolute Gasteiger partial charge is 0.256 e. The SMILES string of the molecule is Cc1noc(CSc2ccccc2C(=O)Nc2ccc(-n3cccn3)nc2)n1. The molecule has 0 radical (unpaired) electrons. The second-order valence-electron chi connectivity index (χ2n) is 5.83. The molecule has 28 heavy (non-hydrogen) atoms. The van der Waals surface area contributed by atoms with E-state index >= 15 is 0 Å². The number of benzene rings is 1. The first-order valence-electron chi connectivity index (χ1n) is 8.47. The lowest BCUT2D eigenvalue weighted by molar-refractivity contribution is 0.102. The van der Waals surface area contributed by atoms with Gasteiger partial charge in [-0.1, -0.05) is 17.3 Å². The van der Waals surface area contributed by atoms with Gasteiger partial charge in [-0.25, -0.2) is 9.67 Å². The summed E-state index contributed by atoms with van der Waals surface area (Å²) in [6.07, 6.45) is 5.09. The summed E-state index contributed by atoms with van der Waals surface area (Å²) in [5, 5.41) is 10.8. The van der Waals surface area contributed by atoms with E-state index in [1.54, 1.807) is 48.4 Å². The van der Waals surface area contributed by atoms with Crippen LogP contribution >= 0.6 is 11.8 Å². The van der Waals surface area contributed by atoms with Crippen molar-refractivity contribution in [3.05, 3.63) is 78.3 Å². The van der Waals surface area contributed by atoms with E-state index in [9.17, 15) is 4.79 Å². The highest BCUT2D eigenvalue weighted by Crippen LogP contribution is 2.26. The predicted molar refractivity (Wildman–Crippen MR) is 104 cm³/mol. The number of pyridine rings is 1. The van der Waals surface area contributed by atoms with Crippen molar-refractivity contribution in [2.45, 2.75) is 17.6 Å². The van der Waals surface area contributed by atoms with Gasteiger partial charge in [-0.2, -0.15) is 10.1 Å². The Kier molecular flexibility index (Phi) is 5.16. The Hall–Kier alpha value is -3.46. The Balaban J connectivity index is 1.46. The quantitative estimate of drug-likeness (QED) is 0.501. The monoisotopic (exact) mass is 392 g/mol. The molecule has 1 aromatic carbocycles. The maximum atomic E-state index is 12.7. The number of nitrogens with zero attached hydrogens (tertiary/aromatic N) is 5. The highest BCUT2D eigenvalue weighted by atomic mass is 32.2. The third-order valence-electron chi connectivity index (χ3n) is 3.80. The largest absolute Gasteiger partial charge is 0.338 e. The maximum Gasteiger partial charge on any atom is 0.256 e. The van der Waals surface area contributed by atoms with Crippen molar-refractivity contribution in [1.82, 2.24) is 24.9 Å². The Morgan fingerprint density at radius 1 is 1.21 bits per heavy atom. The molecule has 1 N–H and O–H groups in total. The molecule has 0 saturated carbocycles. The van der Waals surface area contributed by atoms with Gasteiger partial charge in [0.1, 0.15) is 0 Å². The summed E-state index contributed by atoms with van der Waals surface area (Å²) >= 11 is 1.47. The topological polar surface area (TPSA) is 98.7 Å². The molecule has 0 saturated heterocycles. The summed E-state index contributed by atoms with van der Waals surface area (Å²) in [4.78, 5) is 22.1. The van der Waals surface area contributed by atoms with Crippen molar-refractivity contribution in [3.8, 4) is 5.82 Å². The molecule has 0 fully saturated rings. The van der Waals surface area contributed by atoms with E-state index in [-0.39, 0.29) is 5.91 Å². The number of hydrogen-bond acceptors (Lipinski definition) is 7. The molecule has 4 aromatic rings. The van der Waals surface area contributed by atoms with Crippen LogP contribution in [0.2, 0.25) is 0 Å². The lowest BCUT2D eigenvalue weighted by Gasteiger charge is -2.09. The van der Waals surface area contributed by atoms with Crippen LogP contribution < -0.4 is 5.32 Å². The number of carbonyl (C=O) groups is 1. The van der Waals surface area contributed by atoms with Gasteiger partial charge in [0, 0.05) is 17.3 Å². The van der Waals surface area contributed by atoms with Crippen LogP contribution in [-0.4, -0.2) is 30.8 Å². The number of anilines is 1. The summed E-state index contributed by atoms with van der Waals surface area (Å²) in [6.45, 7) is 1.77. The molecule has 0 unspecified atom stereocenters. The second kappa shape index (κ2) is 8.05. The van der Waals surface area contributed by atoms with Crippen LogP contribution in [0.5, 0.6) is 0 Å². The molecule has 9 heteroatoms. The molecule has 1 amide bonds. The molecule has 0 aliphatic heterocycles. The molecular formula is C19H16N6O2S. The summed E-state index contributed by atoms with van der Waals surface area (Å²) < 4.78 is 6.78. The third-order valence-corrected chi connectivity index (χ3v) is 4.86. The molecule has 140 valence electrons. The summed E-state index contributed by atoms with van der Waals surface area (Å²) in [5.74, 6) is 2.07. The zero-order valence-electron chi connectivity index (χ0n) is 14.9. The van der Waals surface area contributed by atoms with Crippen LogP contribution in [0, 0.1) is 6.92 Å². The number of aromatic nitrogens is 5. The number of rotatable bonds is 6. The van der Waals surface area contributed by atoms with Crippen molar-refractivity contribution < 1.29 is 9.32 Å². The van der Waals surface area contributed by atoms with Crippen LogP contribution in [0.15, 0.2) is 70.5 Å². The minimum Gasteiger partial charge on any atom is -0.338 e. The van der Waals surface area contributed by atoms with Crippen molar-refractivity contribution in [2.24, 2.45) is 0 Å². The first-order valence-corrected chi connectivity index (χ1v) is 9.46. The number of carbonyl (C=O) groups excluding carboxylic acids is 1. The molecule has 0 bridgehead atoms. The van der Waals surface area contributed by atoms with E-state index in [1.807, 2.05) is 24.3 Å². The molecule has 0 spiro atoms. The zero-order chi connectivity index (χ0) is 19.3. The molecule has 0 aliphatic rings. The first kappa shape index (κ1) is 17.9. The average Bonchev–Trinajstić information content (AvgIpc) is 3.39. The van der Waals surface area contributed by atoms with Crippen LogP contribution in [0.1, 0.15) is 22.1 Å². The Morgan fingerprint density at radius 2 is 2.11 bits per heavy atom. The van der Waals surface area contributed by atoms with E-state index in [0.29, 0.717) is 34.5 Å². The zero-order valence-corrected chi connectivity index (χ0v) is 15.8. The lowest BCUT2D eigenvalue weighted by atomic mass is 10.2. The highest BCUT2D eigenvalue weighted by molar-refractivity contribution is 7.98. The van der Waals surface area contributed by atoms with Gasteiger partial charge in [0.05, 0.1) is 23.2 Å². The average molecular weight is 392 g/mol. The number of amides is 1. The number of thioether (sulfide) groups is 1. The van der Waals surface area contributed by atoms with Crippen molar-refractivity contribution in [1.29, 1.82) is 0 Å². The van der Waals surface area contributed by atoms with Crippen LogP contribution in [0.3, 0.4) is 0 Å². The van der Waals surface area contributed by atoms with E-state index in [2.05, 4.69) is 25.5 Å². The Labute approximate surface area is 165 Å². The number of nitrogens with one attached hydrogen (secondary N) is 1. The van der Waals surface area contributed by atoms with Crippen LogP contribution in [-0.2, 0) is 5.75 Å². The predicted octanol–water partition coefficient (Wildman–Crippen LogP) is 3.50. The summed E-state index contributed by atoms with van der Waals surface area (Å²) in [5.41, 5.74) is 1.17. The van der Waals surface area contributed by atoms with Gasteiger partial charge in [0.25, 0.3) is 5.91 Å². The van der Waals surface area contributed by atoms with Gasteiger partial charge in [-0.3, -0.25) is 4.79 Å². The molecule has 0 atom stereocenters. The molecular weight excluding hydrogens is 376 g/mol. The third kappa shape index (κ3) is 4.09. The van der Waals surface area contributed by atoms with Crippen LogP contribution in [0.25, 0.3) is 5.82 Å². The maximum absolute atomic E-state index is 12.7. The normalized spacial score (nSPS) is 10.8. The van der Waals surface area contributed by atoms with Gasteiger partial charge in [-0.05, 0) is 37.3 Å². The van der Waals surface area contributed by atoms with Gasteiger partial charge in [0.2, 0.25) is 5.89 Å². The molecule has 8 nitrogen and oxygen atoms in total. The van der Waals surface area contributed by atoms with E-state index in [0.717, 1.165) is 4.90 Å². The molecule has 0 aliphatic carbocycles. The molecule has 3 aromatic heterocycles. The molecule has 3 heterocycles. The summed E-state index contributed by atoms with van der Waals surface area (Å²) in [7, 11) is 0. The lowest BCUT2D eigenvalue weighted by Crippen LogP contribution is -2.13. The van der Waals surface area contributed by atoms with Crippen molar-refractivity contribution in [3.63, 3.8) is 0 Å². The summed E-state index contributed by atoms with van der Waals surface area (Å²) in [6, 6.07) is 12.8. The standard InChI is InChI=1S/C19H16N6O2S/c1-13-22-18(27-24-13)12-28-16-6-3-2-5-15(16)19(26)23-14-7-8-17(20-11-14)25-10-4-9-21-25/h2-11H,12H2,1H3,(H,23,26). The van der Waals surface area contributed by atoms with Crippen molar-refractivity contribution in [2.75, 3.05) is 5.32 Å². The van der Waals surface area contributed by atoms with Gasteiger partial charge in [-0.15, -0.1) is 11.8 Å². The fourth-order valence-electron chi connectivity index (χ4n) is 2.52. The Morgan fingerprint density at radius 3 is 2.82 bits per heavy atom. The van der Waals surface area contributed by atoms with Gasteiger partial charge in [0.15, 0.2) is 11.6 Å². The molecule has 4 rings (SSSR count). The number of hydrogen-bond donors (Lipinski definition) is 1.